The van der Waals surface area contributed by atoms with Crippen LogP contribution >= 0.6 is 0 Å². The number of aryl methyl sites for hydroxylation is 2. The molecule has 0 spiro atoms. The molecule has 18 heavy (non-hydrogen) atoms. The van der Waals surface area contributed by atoms with Crippen molar-refractivity contribution in [3.05, 3.63) is 59.7 Å². The highest BCUT2D eigenvalue weighted by Gasteiger charge is 2.02. The first-order valence-corrected chi connectivity index (χ1v) is 6.76. The van der Waals surface area contributed by atoms with Crippen LogP contribution in [0.25, 0.3) is 21.5 Å². The molecule has 0 aliphatic heterocycles. The Kier molecular flexibility index (Phi) is 2.79. The highest BCUT2D eigenvalue weighted by molar-refractivity contribution is 6.07. The lowest BCUT2D eigenvalue weighted by molar-refractivity contribution is 1.14. The van der Waals surface area contributed by atoms with E-state index in [1.807, 2.05) is 0 Å². The molecule has 0 heterocycles. The van der Waals surface area contributed by atoms with Crippen molar-refractivity contribution in [2.45, 2.75) is 26.7 Å². The molecule has 0 atom stereocenters. The van der Waals surface area contributed by atoms with Gasteiger partial charge in [0.1, 0.15) is 0 Å². The largest absolute Gasteiger partial charge is 0.0613 e. The maximum Gasteiger partial charge on any atom is -0.0105 e. The summed E-state index contributed by atoms with van der Waals surface area (Å²) in [4.78, 5) is 0. The van der Waals surface area contributed by atoms with Crippen molar-refractivity contribution in [2.24, 2.45) is 0 Å². The van der Waals surface area contributed by atoms with E-state index in [1.165, 1.54) is 32.7 Å². The van der Waals surface area contributed by atoms with Crippen LogP contribution in [-0.4, -0.2) is 0 Å². The van der Waals surface area contributed by atoms with Gasteiger partial charge >= 0.3 is 0 Å². The Balaban J connectivity index is 2.32. The zero-order valence-corrected chi connectivity index (χ0v) is 11.0. The zero-order valence-electron chi connectivity index (χ0n) is 11.0. The zero-order chi connectivity index (χ0) is 12.5. The fourth-order valence-electron chi connectivity index (χ4n) is 2.61. The van der Waals surface area contributed by atoms with Crippen LogP contribution in [0.1, 0.15) is 25.0 Å². The molecular formula is C18H18. The smallest absolute Gasteiger partial charge is 0.0105 e. The SMILES string of the molecule is CCc1ccc2c(ccc3cc(CC)ccc32)c1. The normalized spacial score (nSPS) is 11.2. The van der Waals surface area contributed by atoms with Crippen LogP contribution in [0.5, 0.6) is 0 Å². The molecule has 0 aliphatic carbocycles. The summed E-state index contributed by atoms with van der Waals surface area (Å²) in [5, 5.41) is 5.44. The van der Waals surface area contributed by atoms with Gasteiger partial charge in [0.15, 0.2) is 0 Å². The number of fused-ring (bicyclic) bond motifs is 3. The molecule has 0 saturated heterocycles. The van der Waals surface area contributed by atoms with Crippen molar-refractivity contribution in [3.63, 3.8) is 0 Å². The van der Waals surface area contributed by atoms with Gasteiger partial charge in [-0.15, -0.1) is 0 Å². The third-order valence-corrected chi connectivity index (χ3v) is 3.78. The van der Waals surface area contributed by atoms with E-state index in [-0.39, 0.29) is 0 Å². The minimum atomic E-state index is 1.10. The summed E-state index contributed by atoms with van der Waals surface area (Å²) in [6.07, 6.45) is 2.20. The summed E-state index contributed by atoms with van der Waals surface area (Å²) in [6.45, 7) is 4.41. The number of hydrogen-bond acceptors (Lipinski definition) is 0. The first-order chi connectivity index (χ1) is 8.81. The minimum Gasteiger partial charge on any atom is -0.0613 e. The number of rotatable bonds is 2. The molecule has 0 N–H and O–H groups in total. The van der Waals surface area contributed by atoms with Gasteiger partial charge in [-0.2, -0.15) is 0 Å². The van der Waals surface area contributed by atoms with Gasteiger partial charge < -0.3 is 0 Å². The molecule has 0 aliphatic rings. The predicted molar refractivity (Wildman–Crippen MR) is 80.2 cm³/mol. The van der Waals surface area contributed by atoms with E-state index in [9.17, 15) is 0 Å². The lowest BCUT2D eigenvalue weighted by Crippen LogP contribution is -1.84. The number of benzene rings is 3. The quantitative estimate of drug-likeness (QED) is 0.540. The molecule has 0 fully saturated rings. The van der Waals surface area contributed by atoms with E-state index >= 15 is 0 Å². The lowest BCUT2D eigenvalue weighted by Gasteiger charge is -2.07. The van der Waals surface area contributed by atoms with Crippen molar-refractivity contribution in [3.8, 4) is 0 Å². The van der Waals surface area contributed by atoms with E-state index in [0.717, 1.165) is 12.8 Å². The van der Waals surface area contributed by atoms with Gasteiger partial charge in [0.2, 0.25) is 0 Å². The van der Waals surface area contributed by atoms with Crippen molar-refractivity contribution in [2.75, 3.05) is 0 Å². The third kappa shape index (κ3) is 1.78. The van der Waals surface area contributed by atoms with E-state index in [2.05, 4.69) is 62.4 Å². The molecule has 0 aromatic heterocycles. The molecule has 0 unspecified atom stereocenters. The Hall–Kier alpha value is -1.82. The van der Waals surface area contributed by atoms with Crippen molar-refractivity contribution in [1.29, 1.82) is 0 Å². The van der Waals surface area contributed by atoms with Gasteiger partial charge in [-0.05, 0) is 45.5 Å². The highest BCUT2D eigenvalue weighted by atomic mass is 14.1. The van der Waals surface area contributed by atoms with E-state index in [1.54, 1.807) is 0 Å². The fourth-order valence-corrected chi connectivity index (χ4v) is 2.61. The van der Waals surface area contributed by atoms with Gasteiger partial charge in [0, 0.05) is 0 Å². The minimum absolute atomic E-state index is 1.10. The summed E-state index contributed by atoms with van der Waals surface area (Å²) >= 11 is 0. The van der Waals surface area contributed by atoms with Crippen LogP contribution in [0.3, 0.4) is 0 Å². The molecule has 0 radical (unpaired) electrons. The van der Waals surface area contributed by atoms with Gasteiger partial charge in [0.05, 0.1) is 0 Å². The second kappa shape index (κ2) is 4.45. The maximum absolute atomic E-state index is 2.31. The van der Waals surface area contributed by atoms with Gasteiger partial charge in [-0.3, -0.25) is 0 Å². The second-order valence-electron chi connectivity index (χ2n) is 4.88. The maximum atomic E-state index is 2.31. The molecular weight excluding hydrogens is 216 g/mol. The molecule has 0 bridgehead atoms. The van der Waals surface area contributed by atoms with Crippen LogP contribution in [0.4, 0.5) is 0 Å². The summed E-state index contributed by atoms with van der Waals surface area (Å²) in [5.41, 5.74) is 2.82. The average Bonchev–Trinajstić information content (AvgIpc) is 2.45. The Labute approximate surface area is 108 Å². The number of hydrogen-bond donors (Lipinski definition) is 0. The van der Waals surface area contributed by atoms with E-state index in [0.29, 0.717) is 0 Å². The summed E-state index contributed by atoms with van der Waals surface area (Å²) < 4.78 is 0. The van der Waals surface area contributed by atoms with Gasteiger partial charge in [0.25, 0.3) is 0 Å². The fraction of sp³-hybridized carbons (Fsp3) is 0.222. The van der Waals surface area contributed by atoms with Crippen LogP contribution in [0.2, 0.25) is 0 Å². The Morgan fingerprint density at radius 2 is 1.06 bits per heavy atom. The average molecular weight is 234 g/mol. The Bertz CT molecular complexity index is 645. The molecule has 0 nitrogen and oxygen atoms in total. The van der Waals surface area contributed by atoms with Crippen molar-refractivity contribution in [1.82, 2.24) is 0 Å². The van der Waals surface area contributed by atoms with E-state index < -0.39 is 0 Å². The van der Waals surface area contributed by atoms with Gasteiger partial charge in [-0.1, -0.05) is 62.4 Å². The summed E-state index contributed by atoms with van der Waals surface area (Å²) in [5.74, 6) is 0. The Morgan fingerprint density at radius 1 is 0.611 bits per heavy atom. The highest BCUT2D eigenvalue weighted by Crippen LogP contribution is 2.27. The first-order valence-electron chi connectivity index (χ1n) is 6.76. The lowest BCUT2D eigenvalue weighted by atomic mass is 9.98. The Morgan fingerprint density at radius 3 is 1.44 bits per heavy atom. The molecule has 3 aromatic carbocycles. The molecule has 0 heteroatoms. The second-order valence-corrected chi connectivity index (χ2v) is 4.88. The molecule has 0 amide bonds. The molecule has 0 saturated carbocycles. The van der Waals surface area contributed by atoms with Crippen molar-refractivity contribution < 1.29 is 0 Å². The van der Waals surface area contributed by atoms with Crippen LogP contribution < -0.4 is 0 Å². The topological polar surface area (TPSA) is 0 Å². The van der Waals surface area contributed by atoms with Crippen LogP contribution in [-0.2, 0) is 12.8 Å². The summed E-state index contributed by atoms with van der Waals surface area (Å²) in [6, 6.07) is 18.1. The standard InChI is InChI=1S/C18H18/c1-3-13-5-9-17-15(11-13)7-8-16-12-14(4-2)6-10-18(16)17/h5-12H,3-4H2,1-2H3. The third-order valence-electron chi connectivity index (χ3n) is 3.78. The predicted octanol–water partition coefficient (Wildman–Crippen LogP) is 5.12. The van der Waals surface area contributed by atoms with Gasteiger partial charge in [-0.25, -0.2) is 0 Å². The first kappa shape index (κ1) is 11.3. The van der Waals surface area contributed by atoms with Crippen LogP contribution in [0, 0.1) is 0 Å². The van der Waals surface area contributed by atoms with Crippen molar-refractivity contribution >= 4 is 21.5 Å². The molecule has 3 rings (SSSR count). The van der Waals surface area contributed by atoms with E-state index in [4.69, 9.17) is 0 Å². The summed E-state index contributed by atoms with van der Waals surface area (Å²) in [7, 11) is 0. The van der Waals surface area contributed by atoms with Crippen LogP contribution in [0.15, 0.2) is 48.5 Å². The monoisotopic (exact) mass is 234 g/mol. The molecule has 3 aromatic rings. The molecule has 90 valence electrons.